The molecule has 1 heterocycles. The molecule has 3 rings (SSSR count). The van der Waals surface area contributed by atoms with Crippen LogP contribution in [0.2, 0.25) is 5.02 Å². The Labute approximate surface area is 161 Å². The van der Waals surface area contributed by atoms with Crippen LogP contribution < -0.4 is 5.43 Å². The van der Waals surface area contributed by atoms with Gasteiger partial charge in [-0.1, -0.05) is 11.6 Å². The zero-order chi connectivity index (χ0) is 20.1. The molecule has 3 aromatic rings. The van der Waals surface area contributed by atoms with Crippen LogP contribution in [0.5, 0.6) is 0 Å². The fraction of sp³-hybridized carbons (Fsp3) is 0.0667. The number of nitro benzene ring substituents is 2. The summed E-state index contributed by atoms with van der Waals surface area (Å²) in [4.78, 5) is 20.4. The van der Waals surface area contributed by atoms with E-state index < -0.39 is 15.5 Å². The van der Waals surface area contributed by atoms with Crippen LogP contribution in [0.15, 0.2) is 47.6 Å². The van der Waals surface area contributed by atoms with E-state index in [1.807, 2.05) is 0 Å². The molecule has 13 heteroatoms. The molecule has 0 fully saturated rings. The van der Waals surface area contributed by atoms with Gasteiger partial charge in [0, 0.05) is 23.7 Å². The molecule has 0 radical (unpaired) electrons. The van der Waals surface area contributed by atoms with Crippen molar-refractivity contribution >= 4 is 34.9 Å². The molecule has 1 N–H and O–H groups in total. The van der Waals surface area contributed by atoms with Crippen molar-refractivity contribution in [3.8, 4) is 5.69 Å². The summed E-state index contributed by atoms with van der Waals surface area (Å²) in [5.41, 5.74) is 2.38. The van der Waals surface area contributed by atoms with E-state index in [-0.39, 0.29) is 17.8 Å². The Balaban J connectivity index is 1.72. The van der Waals surface area contributed by atoms with Crippen molar-refractivity contribution in [3.05, 3.63) is 73.5 Å². The van der Waals surface area contributed by atoms with Crippen molar-refractivity contribution in [2.45, 2.75) is 6.42 Å². The number of halogens is 1. The van der Waals surface area contributed by atoms with Crippen LogP contribution in [0, 0.1) is 20.2 Å². The predicted octanol–water partition coefficient (Wildman–Crippen LogP) is 2.77. The summed E-state index contributed by atoms with van der Waals surface area (Å²) >= 11 is 5.86. The smallest absolute Gasteiger partial charge is 0.272 e. The van der Waals surface area contributed by atoms with Gasteiger partial charge in [-0.2, -0.15) is 9.78 Å². The van der Waals surface area contributed by atoms with Crippen LogP contribution in [0.25, 0.3) is 5.69 Å². The summed E-state index contributed by atoms with van der Waals surface area (Å²) in [6.07, 6.45) is 1.65. The van der Waals surface area contributed by atoms with Crippen molar-refractivity contribution in [1.29, 1.82) is 0 Å². The number of nitrogens with one attached hydrogen (secondary N) is 1. The second-order valence-electron chi connectivity index (χ2n) is 5.33. The number of hydrogen-bond donors (Lipinski definition) is 1. The summed E-state index contributed by atoms with van der Waals surface area (Å²) < 4.78 is 1.50. The molecule has 0 aliphatic heterocycles. The van der Waals surface area contributed by atoms with E-state index in [1.54, 1.807) is 24.3 Å². The van der Waals surface area contributed by atoms with Crippen molar-refractivity contribution in [1.82, 2.24) is 20.2 Å². The standard InChI is InChI=1S/C15H11ClN8O4/c16-10-1-3-11(4-2-10)22-15(19-20-21-22)7-8-17-18-13-6-5-12(23(25)26)9-14(13)24(27)28/h1-6,8-9,18H,7H2/b17-8-. The van der Waals surface area contributed by atoms with Gasteiger partial charge in [0.25, 0.3) is 5.69 Å². The van der Waals surface area contributed by atoms with E-state index in [2.05, 4.69) is 26.1 Å². The zero-order valence-corrected chi connectivity index (χ0v) is 14.7. The second kappa shape index (κ2) is 8.18. The number of hydrogen-bond acceptors (Lipinski definition) is 9. The van der Waals surface area contributed by atoms with Crippen LogP contribution in [-0.2, 0) is 6.42 Å². The Hall–Kier alpha value is -3.93. The van der Waals surface area contributed by atoms with Gasteiger partial charge in [-0.3, -0.25) is 25.7 Å². The lowest BCUT2D eigenvalue weighted by Crippen LogP contribution is -2.04. The number of nitrogens with zero attached hydrogens (tertiary/aromatic N) is 7. The van der Waals surface area contributed by atoms with Gasteiger partial charge in [-0.15, -0.1) is 5.10 Å². The van der Waals surface area contributed by atoms with Gasteiger partial charge >= 0.3 is 5.69 Å². The topological polar surface area (TPSA) is 154 Å². The highest BCUT2D eigenvalue weighted by Gasteiger charge is 2.19. The molecule has 0 unspecified atom stereocenters. The van der Waals surface area contributed by atoms with Crippen molar-refractivity contribution in [2.24, 2.45) is 5.10 Å². The number of hydrazone groups is 1. The highest BCUT2D eigenvalue weighted by Crippen LogP contribution is 2.28. The van der Waals surface area contributed by atoms with Crippen LogP contribution in [-0.4, -0.2) is 36.3 Å². The number of aromatic nitrogens is 4. The van der Waals surface area contributed by atoms with E-state index in [9.17, 15) is 20.2 Å². The number of nitro groups is 2. The predicted molar refractivity (Wildman–Crippen MR) is 99.7 cm³/mol. The Bertz CT molecular complexity index is 1050. The summed E-state index contributed by atoms with van der Waals surface area (Å²) in [6, 6.07) is 10.1. The molecule has 0 atom stereocenters. The van der Waals surface area contributed by atoms with Crippen LogP contribution >= 0.6 is 11.6 Å². The molecular weight excluding hydrogens is 392 g/mol. The minimum Gasteiger partial charge on any atom is -0.272 e. The summed E-state index contributed by atoms with van der Waals surface area (Å²) in [7, 11) is 0. The molecule has 28 heavy (non-hydrogen) atoms. The maximum absolute atomic E-state index is 11.1. The van der Waals surface area contributed by atoms with E-state index in [0.29, 0.717) is 16.5 Å². The minimum atomic E-state index is -0.730. The molecule has 0 spiro atoms. The number of tetrazole rings is 1. The van der Waals surface area contributed by atoms with Gasteiger partial charge in [0.15, 0.2) is 5.82 Å². The fourth-order valence-electron chi connectivity index (χ4n) is 2.24. The average Bonchev–Trinajstić information content (AvgIpc) is 3.14. The summed E-state index contributed by atoms with van der Waals surface area (Å²) in [5, 5.41) is 37.7. The van der Waals surface area contributed by atoms with E-state index in [4.69, 9.17) is 11.6 Å². The Morgan fingerprint density at radius 2 is 1.89 bits per heavy atom. The lowest BCUT2D eigenvalue weighted by molar-refractivity contribution is -0.393. The first-order valence-corrected chi connectivity index (χ1v) is 8.07. The Kier molecular flexibility index (Phi) is 5.50. The van der Waals surface area contributed by atoms with Gasteiger partial charge in [0.2, 0.25) is 0 Å². The van der Waals surface area contributed by atoms with Crippen LogP contribution in [0.1, 0.15) is 5.82 Å². The van der Waals surface area contributed by atoms with Crippen LogP contribution in [0.3, 0.4) is 0 Å². The molecule has 142 valence electrons. The highest BCUT2D eigenvalue weighted by atomic mass is 35.5. The van der Waals surface area contributed by atoms with E-state index in [1.165, 1.54) is 17.0 Å². The number of non-ortho nitro benzene ring substituents is 1. The zero-order valence-electron chi connectivity index (χ0n) is 14.0. The Morgan fingerprint density at radius 3 is 2.57 bits per heavy atom. The average molecular weight is 403 g/mol. The molecular formula is C15H11ClN8O4. The summed E-state index contributed by atoms with van der Waals surface area (Å²) in [5.74, 6) is 0.478. The summed E-state index contributed by atoms with van der Waals surface area (Å²) in [6.45, 7) is 0. The van der Waals surface area contributed by atoms with Gasteiger partial charge in [0.05, 0.1) is 21.6 Å². The molecule has 0 saturated heterocycles. The highest BCUT2D eigenvalue weighted by molar-refractivity contribution is 6.30. The largest absolute Gasteiger partial charge is 0.301 e. The fourth-order valence-corrected chi connectivity index (χ4v) is 2.36. The van der Waals surface area contributed by atoms with Gasteiger partial charge in [-0.05, 0) is 40.8 Å². The van der Waals surface area contributed by atoms with Crippen molar-refractivity contribution in [3.63, 3.8) is 0 Å². The molecule has 0 amide bonds. The minimum absolute atomic E-state index is 0.0177. The lowest BCUT2D eigenvalue weighted by Gasteiger charge is -2.03. The van der Waals surface area contributed by atoms with Crippen molar-refractivity contribution in [2.75, 3.05) is 5.43 Å². The number of rotatable bonds is 7. The first-order valence-electron chi connectivity index (χ1n) is 7.69. The third-order valence-corrected chi connectivity index (χ3v) is 3.80. The van der Waals surface area contributed by atoms with Crippen LogP contribution in [0.4, 0.5) is 17.1 Å². The van der Waals surface area contributed by atoms with E-state index >= 15 is 0 Å². The molecule has 2 aromatic carbocycles. The lowest BCUT2D eigenvalue weighted by atomic mass is 10.2. The normalized spacial score (nSPS) is 10.9. The SMILES string of the molecule is O=[N+]([O-])c1ccc(N/N=C\Cc2nnnn2-c2ccc(Cl)cc2)c([N+](=O)[O-])c1. The maximum atomic E-state index is 11.1. The first-order chi connectivity index (χ1) is 13.5. The molecule has 0 aliphatic rings. The van der Waals surface area contributed by atoms with Gasteiger partial charge in [-0.25, -0.2) is 0 Å². The molecule has 0 saturated carbocycles. The third-order valence-electron chi connectivity index (χ3n) is 3.54. The molecule has 1 aromatic heterocycles. The Morgan fingerprint density at radius 1 is 1.14 bits per heavy atom. The van der Waals surface area contributed by atoms with Gasteiger partial charge in [0.1, 0.15) is 5.69 Å². The number of anilines is 1. The molecule has 12 nitrogen and oxygen atoms in total. The first kappa shape index (κ1) is 18.8. The number of benzene rings is 2. The van der Waals surface area contributed by atoms with Crippen molar-refractivity contribution < 1.29 is 9.85 Å². The van der Waals surface area contributed by atoms with E-state index in [0.717, 1.165) is 12.1 Å². The maximum Gasteiger partial charge on any atom is 0.301 e. The van der Waals surface area contributed by atoms with Gasteiger partial charge < -0.3 is 0 Å². The quantitative estimate of drug-likeness (QED) is 0.359. The third kappa shape index (κ3) is 4.24. The monoisotopic (exact) mass is 402 g/mol. The molecule has 0 bridgehead atoms. The molecule has 0 aliphatic carbocycles. The second-order valence-corrected chi connectivity index (χ2v) is 5.76.